The van der Waals surface area contributed by atoms with Crippen molar-refractivity contribution in [3.05, 3.63) is 77.5 Å². The fraction of sp³-hybridized carbons (Fsp3) is 0.304. The maximum atomic E-state index is 13.9. The highest BCUT2D eigenvalue weighted by Crippen LogP contribution is 2.41. The van der Waals surface area contributed by atoms with Gasteiger partial charge >= 0.3 is 12.1 Å². The van der Waals surface area contributed by atoms with E-state index < -0.39 is 29.7 Å². The standard InChI is InChI=1S/C23H21F3N2O2/c24-23(25,26)19-7-3-1-6-18(19)21(28-13-10-15(11-14-28)22(29)30)17-9-12-27-20-8-4-2-5-16(17)20/h1-9,12,15,21H,10-11,13-14H2,(H,29,30). The highest BCUT2D eigenvalue weighted by molar-refractivity contribution is 5.83. The lowest BCUT2D eigenvalue weighted by Gasteiger charge is -2.38. The Morgan fingerprint density at radius 2 is 1.67 bits per heavy atom. The van der Waals surface area contributed by atoms with Crippen LogP contribution in [0.1, 0.15) is 35.6 Å². The number of hydrogen-bond donors (Lipinski definition) is 1. The van der Waals surface area contributed by atoms with Gasteiger partial charge in [-0.15, -0.1) is 0 Å². The van der Waals surface area contributed by atoms with E-state index in [1.165, 1.54) is 12.1 Å². The number of aliphatic carboxylic acids is 1. The molecule has 2 aromatic carbocycles. The molecule has 1 aliphatic heterocycles. The molecule has 30 heavy (non-hydrogen) atoms. The van der Waals surface area contributed by atoms with E-state index in [9.17, 15) is 23.1 Å². The van der Waals surface area contributed by atoms with Gasteiger partial charge in [0, 0.05) is 11.6 Å². The number of piperidine rings is 1. The number of aromatic nitrogens is 1. The Morgan fingerprint density at radius 3 is 2.37 bits per heavy atom. The van der Waals surface area contributed by atoms with E-state index in [-0.39, 0.29) is 5.56 Å². The van der Waals surface area contributed by atoms with Crippen LogP contribution in [0, 0.1) is 5.92 Å². The summed E-state index contributed by atoms with van der Waals surface area (Å²) in [5, 5.41) is 10.1. The lowest BCUT2D eigenvalue weighted by atomic mass is 9.88. The van der Waals surface area contributed by atoms with Gasteiger partial charge in [0.1, 0.15) is 0 Å². The van der Waals surface area contributed by atoms with E-state index in [1.807, 2.05) is 29.2 Å². The Labute approximate surface area is 172 Å². The number of carbonyl (C=O) groups is 1. The first-order valence-electron chi connectivity index (χ1n) is 9.83. The molecule has 4 rings (SSSR count). The van der Waals surface area contributed by atoms with Crippen LogP contribution < -0.4 is 0 Å². The molecule has 2 heterocycles. The van der Waals surface area contributed by atoms with E-state index in [4.69, 9.17) is 0 Å². The first-order chi connectivity index (χ1) is 14.4. The van der Waals surface area contributed by atoms with E-state index >= 15 is 0 Å². The molecule has 0 bridgehead atoms. The highest BCUT2D eigenvalue weighted by Gasteiger charge is 2.38. The molecule has 1 saturated heterocycles. The molecular formula is C23H21F3N2O2. The number of pyridine rings is 1. The van der Waals surface area contributed by atoms with Crippen molar-refractivity contribution in [2.24, 2.45) is 5.92 Å². The number of fused-ring (bicyclic) bond motifs is 1. The monoisotopic (exact) mass is 414 g/mol. The van der Waals surface area contributed by atoms with Crippen LogP contribution >= 0.6 is 0 Å². The van der Waals surface area contributed by atoms with Crippen LogP contribution in [0.3, 0.4) is 0 Å². The van der Waals surface area contributed by atoms with Crippen LogP contribution in [0.5, 0.6) is 0 Å². The molecule has 3 aromatic rings. The fourth-order valence-corrected chi connectivity index (χ4v) is 4.32. The smallest absolute Gasteiger partial charge is 0.416 e. The second kappa shape index (κ2) is 8.07. The average molecular weight is 414 g/mol. The van der Waals surface area contributed by atoms with Gasteiger partial charge in [0.25, 0.3) is 0 Å². The predicted molar refractivity (Wildman–Crippen MR) is 107 cm³/mol. The number of likely N-dealkylation sites (tertiary alicyclic amines) is 1. The maximum absolute atomic E-state index is 13.9. The third-order valence-electron chi connectivity index (χ3n) is 5.78. The van der Waals surface area contributed by atoms with Crippen molar-refractivity contribution in [1.82, 2.24) is 9.88 Å². The molecule has 1 aliphatic rings. The summed E-state index contributed by atoms with van der Waals surface area (Å²) in [5.41, 5.74) is 0.961. The summed E-state index contributed by atoms with van der Waals surface area (Å²) >= 11 is 0. The quantitative estimate of drug-likeness (QED) is 0.642. The number of benzene rings is 2. The molecule has 1 unspecified atom stereocenters. The molecule has 1 N–H and O–H groups in total. The van der Waals surface area contributed by atoms with E-state index in [0.717, 1.165) is 17.0 Å². The second-order valence-electron chi connectivity index (χ2n) is 7.55. The number of carboxylic acids is 1. The molecule has 0 radical (unpaired) electrons. The Kier molecular flexibility index (Phi) is 5.47. The summed E-state index contributed by atoms with van der Waals surface area (Å²) in [4.78, 5) is 17.7. The summed E-state index contributed by atoms with van der Waals surface area (Å²) in [6.45, 7) is 0.814. The normalized spacial score (nSPS) is 17.2. The topological polar surface area (TPSA) is 53.4 Å². The van der Waals surface area contributed by atoms with Crippen molar-refractivity contribution in [3.8, 4) is 0 Å². The van der Waals surface area contributed by atoms with Gasteiger partial charge in [-0.05, 0) is 55.3 Å². The zero-order valence-corrected chi connectivity index (χ0v) is 16.1. The van der Waals surface area contributed by atoms with Crippen LogP contribution in [-0.4, -0.2) is 34.0 Å². The number of rotatable bonds is 4. The van der Waals surface area contributed by atoms with Crippen LogP contribution in [0.2, 0.25) is 0 Å². The minimum Gasteiger partial charge on any atom is -0.481 e. The van der Waals surface area contributed by atoms with Gasteiger partial charge in [-0.1, -0.05) is 36.4 Å². The Morgan fingerprint density at radius 1 is 1.00 bits per heavy atom. The molecule has 0 spiro atoms. The first-order valence-corrected chi connectivity index (χ1v) is 9.83. The summed E-state index contributed by atoms with van der Waals surface area (Å²) in [6, 6.07) is 14.1. The Balaban J connectivity index is 1.86. The second-order valence-corrected chi connectivity index (χ2v) is 7.55. The molecule has 0 amide bonds. The van der Waals surface area contributed by atoms with Gasteiger partial charge in [-0.25, -0.2) is 0 Å². The van der Waals surface area contributed by atoms with Crippen LogP contribution in [0.25, 0.3) is 10.9 Å². The van der Waals surface area contributed by atoms with Gasteiger partial charge in [0.15, 0.2) is 0 Å². The van der Waals surface area contributed by atoms with Crippen molar-refractivity contribution >= 4 is 16.9 Å². The molecule has 156 valence electrons. The van der Waals surface area contributed by atoms with Gasteiger partial charge in [-0.2, -0.15) is 13.2 Å². The number of carboxylic acid groups (broad SMARTS) is 1. The molecule has 4 nitrogen and oxygen atoms in total. The molecule has 1 fully saturated rings. The third kappa shape index (κ3) is 3.89. The molecular weight excluding hydrogens is 393 g/mol. The maximum Gasteiger partial charge on any atom is 0.416 e. The predicted octanol–water partition coefficient (Wildman–Crippen LogP) is 5.14. The van der Waals surface area contributed by atoms with Crippen molar-refractivity contribution < 1.29 is 23.1 Å². The molecule has 1 aromatic heterocycles. The third-order valence-corrected chi connectivity index (χ3v) is 5.78. The van der Waals surface area contributed by atoms with Crippen molar-refractivity contribution in [1.29, 1.82) is 0 Å². The summed E-state index contributed by atoms with van der Waals surface area (Å²) in [7, 11) is 0. The molecule has 0 aliphatic carbocycles. The summed E-state index contributed by atoms with van der Waals surface area (Å²) < 4.78 is 41.6. The zero-order valence-electron chi connectivity index (χ0n) is 16.1. The van der Waals surface area contributed by atoms with Gasteiger partial charge in [-0.3, -0.25) is 14.7 Å². The van der Waals surface area contributed by atoms with E-state index in [2.05, 4.69) is 4.98 Å². The van der Waals surface area contributed by atoms with Crippen LogP contribution in [-0.2, 0) is 11.0 Å². The number of halogens is 3. The highest BCUT2D eigenvalue weighted by atomic mass is 19.4. The number of para-hydroxylation sites is 1. The van der Waals surface area contributed by atoms with Gasteiger partial charge in [0.2, 0.25) is 0 Å². The SMILES string of the molecule is O=C(O)C1CCN(C(c2ccccc2C(F)(F)F)c2ccnc3ccccc23)CC1. The zero-order chi connectivity index (χ0) is 21.3. The summed E-state index contributed by atoms with van der Waals surface area (Å²) in [5.74, 6) is -1.31. The average Bonchev–Trinajstić information content (AvgIpc) is 2.74. The lowest BCUT2D eigenvalue weighted by Crippen LogP contribution is -2.39. The minimum atomic E-state index is -4.49. The lowest BCUT2D eigenvalue weighted by molar-refractivity contribution is -0.143. The fourth-order valence-electron chi connectivity index (χ4n) is 4.32. The number of hydrogen-bond acceptors (Lipinski definition) is 3. The summed E-state index contributed by atoms with van der Waals surface area (Å²) in [6.07, 6.45) is -2.06. The number of alkyl halides is 3. The molecule has 0 saturated carbocycles. The first kappa shape index (κ1) is 20.3. The van der Waals surface area contributed by atoms with Crippen LogP contribution in [0.15, 0.2) is 60.8 Å². The van der Waals surface area contributed by atoms with Gasteiger partial charge in [0.05, 0.1) is 23.0 Å². The Hall–Kier alpha value is -2.93. The van der Waals surface area contributed by atoms with E-state index in [0.29, 0.717) is 31.4 Å². The van der Waals surface area contributed by atoms with Crippen molar-refractivity contribution in [2.45, 2.75) is 25.1 Å². The number of nitrogens with zero attached hydrogens (tertiary/aromatic N) is 2. The van der Waals surface area contributed by atoms with Crippen LogP contribution in [0.4, 0.5) is 13.2 Å². The Bertz CT molecular complexity index is 1050. The van der Waals surface area contributed by atoms with Gasteiger partial charge < -0.3 is 5.11 Å². The molecule has 7 heteroatoms. The largest absolute Gasteiger partial charge is 0.481 e. The molecule has 1 atom stereocenters. The van der Waals surface area contributed by atoms with Crippen molar-refractivity contribution in [2.75, 3.05) is 13.1 Å². The van der Waals surface area contributed by atoms with Crippen molar-refractivity contribution in [3.63, 3.8) is 0 Å². The minimum absolute atomic E-state index is 0.176. The van der Waals surface area contributed by atoms with E-state index in [1.54, 1.807) is 18.3 Å².